The van der Waals surface area contributed by atoms with E-state index in [0.29, 0.717) is 17.4 Å². The average molecular weight is 278 g/mol. The molecule has 2 atom stereocenters. The van der Waals surface area contributed by atoms with Crippen LogP contribution in [-0.2, 0) is 4.74 Å². The fourth-order valence-electron chi connectivity index (χ4n) is 2.02. The number of halogens is 1. The molecule has 0 spiro atoms. The number of hydrogen-bond acceptors (Lipinski definition) is 2. The molecule has 1 rings (SSSR count). The smallest absolute Gasteiger partial charge is 0.0710 e. The first-order valence-electron chi connectivity index (χ1n) is 5.78. The number of ether oxygens (including phenoxy) is 1. The van der Waals surface area contributed by atoms with E-state index in [9.17, 15) is 0 Å². The van der Waals surface area contributed by atoms with Crippen LogP contribution in [-0.4, -0.2) is 43.1 Å². The Balaban J connectivity index is 2.40. The first kappa shape index (κ1) is 13.5. The third-order valence-corrected chi connectivity index (χ3v) is 4.23. The normalized spacial score (nSPS) is 25.8. The van der Waals surface area contributed by atoms with Crippen LogP contribution >= 0.6 is 15.9 Å². The molecule has 0 aromatic carbocycles. The van der Waals surface area contributed by atoms with E-state index in [2.05, 4.69) is 41.6 Å². The molecule has 0 N–H and O–H groups in total. The maximum Gasteiger partial charge on any atom is 0.0710 e. The molecule has 3 heteroatoms. The second-order valence-corrected chi connectivity index (χ2v) is 6.27. The maximum atomic E-state index is 5.39. The van der Waals surface area contributed by atoms with Crippen LogP contribution in [0.25, 0.3) is 0 Å². The van der Waals surface area contributed by atoms with Gasteiger partial charge in [0.1, 0.15) is 0 Å². The van der Waals surface area contributed by atoms with Crippen molar-refractivity contribution in [1.82, 2.24) is 4.90 Å². The van der Waals surface area contributed by atoms with Crippen molar-refractivity contribution in [2.45, 2.75) is 33.3 Å². The minimum atomic E-state index is 0.384. The van der Waals surface area contributed by atoms with Gasteiger partial charge in [-0.2, -0.15) is 0 Å². The topological polar surface area (TPSA) is 12.5 Å². The van der Waals surface area contributed by atoms with Crippen molar-refractivity contribution in [1.29, 1.82) is 0 Å². The van der Waals surface area contributed by atoms with Crippen molar-refractivity contribution in [2.24, 2.45) is 11.3 Å². The van der Waals surface area contributed by atoms with Gasteiger partial charge in [-0.25, -0.2) is 0 Å². The molecule has 1 heterocycles. The van der Waals surface area contributed by atoms with Crippen LogP contribution in [0.4, 0.5) is 0 Å². The molecule has 1 aliphatic heterocycles. The van der Waals surface area contributed by atoms with Crippen molar-refractivity contribution < 1.29 is 4.74 Å². The monoisotopic (exact) mass is 277 g/mol. The van der Waals surface area contributed by atoms with E-state index in [0.717, 1.165) is 11.9 Å². The molecule has 1 saturated heterocycles. The molecule has 0 aromatic rings. The van der Waals surface area contributed by atoms with Crippen LogP contribution in [0.15, 0.2) is 0 Å². The van der Waals surface area contributed by atoms with E-state index >= 15 is 0 Å². The van der Waals surface area contributed by atoms with E-state index in [4.69, 9.17) is 4.74 Å². The zero-order valence-electron chi connectivity index (χ0n) is 10.4. The lowest BCUT2D eigenvalue weighted by molar-refractivity contribution is 0.101. The number of nitrogens with zero attached hydrogens (tertiary/aromatic N) is 1. The van der Waals surface area contributed by atoms with Crippen LogP contribution in [0, 0.1) is 11.3 Å². The first-order chi connectivity index (χ1) is 6.97. The van der Waals surface area contributed by atoms with Crippen LogP contribution in [0.2, 0.25) is 0 Å². The molecule has 0 amide bonds. The quantitative estimate of drug-likeness (QED) is 0.733. The summed E-state index contributed by atoms with van der Waals surface area (Å²) in [4.78, 5) is 2.53. The van der Waals surface area contributed by atoms with E-state index in [1.54, 1.807) is 0 Å². The maximum absolute atomic E-state index is 5.39. The molecule has 2 unspecified atom stereocenters. The summed E-state index contributed by atoms with van der Waals surface area (Å²) in [5.41, 5.74) is 0.384. The highest BCUT2D eigenvalue weighted by molar-refractivity contribution is 9.09. The zero-order chi connectivity index (χ0) is 11.5. The molecular weight excluding hydrogens is 254 g/mol. The minimum Gasteiger partial charge on any atom is -0.380 e. The van der Waals surface area contributed by atoms with Gasteiger partial charge in [-0.15, -0.1) is 0 Å². The fourth-order valence-corrected chi connectivity index (χ4v) is 3.20. The molecule has 0 radical (unpaired) electrons. The highest BCUT2D eigenvalue weighted by Crippen LogP contribution is 2.29. The van der Waals surface area contributed by atoms with Gasteiger partial charge in [0.05, 0.1) is 6.10 Å². The molecular formula is C12H24BrNO. The van der Waals surface area contributed by atoms with Gasteiger partial charge >= 0.3 is 0 Å². The van der Waals surface area contributed by atoms with E-state index < -0.39 is 0 Å². The summed E-state index contributed by atoms with van der Waals surface area (Å²) >= 11 is 3.63. The highest BCUT2D eigenvalue weighted by atomic mass is 79.9. The van der Waals surface area contributed by atoms with Crippen molar-refractivity contribution in [3.63, 3.8) is 0 Å². The second-order valence-electron chi connectivity index (χ2n) is 5.62. The second kappa shape index (κ2) is 5.65. The number of rotatable bonds is 4. The lowest BCUT2D eigenvalue weighted by Gasteiger charge is -2.32. The third-order valence-electron chi connectivity index (χ3n) is 3.45. The zero-order valence-corrected chi connectivity index (χ0v) is 12.0. The van der Waals surface area contributed by atoms with Crippen LogP contribution in [0.3, 0.4) is 0 Å². The first-order valence-corrected chi connectivity index (χ1v) is 6.90. The van der Waals surface area contributed by atoms with E-state index in [1.807, 2.05) is 7.11 Å². The molecule has 1 aliphatic rings. The van der Waals surface area contributed by atoms with Gasteiger partial charge in [-0.1, -0.05) is 36.7 Å². The Labute approximate surface area is 102 Å². The lowest BCUT2D eigenvalue weighted by atomic mass is 9.82. The fraction of sp³-hybridized carbons (Fsp3) is 1.00. The molecule has 0 aliphatic carbocycles. The van der Waals surface area contributed by atoms with Gasteiger partial charge in [0, 0.05) is 32.1 Å². The Morgan fingerprint density at radius 2 is 2.13 bits per heavy atom. The highest BCUT2D eigenvalue weighted by Gasteiger charge is 2.29. The predicted molar refractivity (Wildman–Crippen MR) is 68.6 cm³/mol. The standard InChI is InChI=1S/C12H24BrNO/c1-12(2,3)10(7-13)8-14-6-5-11(9-14)15-4/h10-11H,5-9H2,1-4H3. The minimum absolute atomic E-state index is 0.384. The number of likely N-dealkylation sites (tertiary alicyclic amines) is 1. The average Bonchev–Trinajstić information content (AvgIpc) is 2.59. The predicted octanol–water partition coefficient (Wildman–Crippen LogP) is 2.76. The molecule has 0 bridgehead atoms. The summed E-state index contributed by atoms with van der Waals surface area (Å²) in [5.74, 6) is 0.716. The number of methoxy groups -OCH3 is 1. The van der Waals surface area contributed by atoms with Gasteiger partial charge in [-0.3, -0.25) is 0 Å². The van der Waals surface area contributed by atoms with Crippen LogP contribution in [0.1, 0.15) is 27.2 Å². The summed E-state index contributed by atoms with van der Waals surface area (Å²) in [6, 6.07) is 0. The summed E-state index contributed by atoms with van der Waals surface area (Å²) in [7, 11) is 1.82. The molecule has 0 aromatic heterocycles. The van der Waals surface area contributed by atoms with Crippen molar-refractivity contribution in [3.05, 3.63) is 0 Å². The Morgan fingerprint density at radius 1 is 1.47 bits per heavy atom. The van der Waals surface area contributed by atoms with E-state index in [1.165, 1.54) is 19.5 Å². The summed E-state index contributed by atoms with van der Waals surface area (Å²) in [6.07, 6.45) is 1.65. The van der Waals surface area contributed by atoms with Gasteiger partial charge < -0.3 is 9.64 Å². The van der Waals surface area contributed by atoms with Crippen LogP contribution in [0.5, 0.6) is 0 Å². The Kier molecular flexibility index (Phi) is 5.07. The summed E-state index contributed by atoms with van der Waals surface area (Å²) < 4.78 is 5.39. The number of hydrogen-bond donors (Lipinski definition) is 0. The Hall–Kier alpha value is 0.400. The van der Waals surface area contributed by atoms with Gasteiger partial charge in [0.2, 0.25) is 0 Å². The lowest BCUT2D eigenvalue weighted by Crippen LogP contribution is -2.35. The third kappa shape index (κ3) is 4.04. The SMILES string of the molecule is COC1CCN(CC(CBr)C(C)(C)C)C1. The summed E-state index contributed by atoms with van der Waals surface area (Å²) in [6.45, 7) is 10.5. The summed E-state index contributed by atoms with van der Waals surface area (Å²) in [5, 5.41) is 1.09. The van der Waals surface area contributed by atoms with Crippen molar-refractivity contribution >= 4 is 15.9 Å². The van der Waals surface area contributed by atoms with Gasteiger partial charge in [0.15, 0.2) is 0 Å². The van der Waals surface area contributed by atoms with Gasteiger partial charge in [0.25, 0.3) is 0 Å². The number of alkyl halides is 1. The van der Waals surface area contributed by atoms with Crippen molar-refractivity contribution in [2.75, 3.05) is 32.1 Å². The largest absolute Gasteiger partial charge is 0.380 e. The van der Waals surface area contributed by atoms with E-state index in [-0.39, 0.29) is 0 Å². The Bertz CT molecular complexity index is 191. The molecule has 90 valence electrons. The van der Waals surface area contributed by atoms with Crippen molar-refractivity contribution in [3.8, 4) is 0 Å². The molecule has 1 fully saturated rings. The Morgan fingerprint density at radius 3 is 2.53 bits per heavy atom. The van der Waals surface area contributed by atoms with Gasteiger partial charge in [-0.05, 0) is 17.8 Å². The molecule has 0 saturated carbocycles. The molecule has 2 nitrogen and oxygen atoms in total. The van der Waals surface area contributed by atoms with Crippen LogP contribution < -0.4 is 0 Å². The molecule has 15 heavy (non-hydrogen) atoms.